The highest BCUT2D eigenvalue weighted by Crippen LogP contribution is 2.29. The number of hydrogen-bond acceptors (Lipinski definition) is 4. The van der Waals surface area contributed by atoms with Crippen molar-refractivity contribution in [3.05, 3.63) is 30.3 Å². The average Bonchev–Trinajstić information content (AvgIpc) is 2.85. The van der Waals surface area contributed by atoms with Crippen LogP contribution in [-0.4, -0.2) is 16.0 Å². The monoisotopic (exact) mass is 264 g/mol. The van der Waals surface area contributed by atoms with E-state index >= 15 is 0 Å². The predicted octanol–water partition coefficient (Wildman–Crippen LogP) is 4.49. The summed E-state index contributed by atoms with van der Waals surface area (Å²) in [6.07, 6.45) is 3.84. The van der Waals surface area contributed by atoms with Gasteiger partial charge in [-0.25, -0.2) is 0 Å². The average molecular weight is 264 g/mol. The summed E-state index contributed by atoms with van der Waals surface area (Å²) in [4.78, 5) is 0. The first-order valence-corrected chi connectivity index (χ1v) is 7.72. The topological polar surface area (TPSA) is 25.8 Å². The molecule has 0 aliphatic heterocycles. The van der Waals surface area contributed by atoms with Gasteiger partial charge in [0.15, 0.2) is 4.34 Å². The van der Waals surface area contributed by atoms with Gasteiger partial charge in [-0.1, -0.05) is 73.2 Å². The fraction of sp³-hybridized carbons (Fsp3) is 0.385. The van der Waals surface area contributed by atoms with E-state index < -0.39 is 0 Å². The van der Waals surface area contributed by atoms with Gasteiger partial charge >= 0.3 is 0 Å². The molecule has 0 amide bonds. The van der Waals surface area contributed by atoms with Crippen LogP contribution in [0.5, 0.6) is 0 Å². The second kappa shape index (κ2) is 6.77. The fourth-order valence-corrected chi connectivity index (χ4v) is 3.40. The van der Waals surface area contributed by atoms with Crippen LogP contribution < -0.4 is 0 Å². The van der Waals surface area contributed by atoms with E-state index in [0.29, 0.717) is 0 Å². The largest absolute Gasteiger partial charge is 0.174 e. The molecule has 0 saturated carbocycles. The lowest BCUT2D eigenvalue weighted by atomic mass is 10.2. The summed E-state index contributed by atoms with van der Waals surface area (Å²) in [7, 11) is 0. The summed E-state index contributed by atoms with van der Waals surface area (Å²) < 4.78 is 1.08. The van der Waals surface area contributed by atoms with Crippen molar-refractivity contribution in [1.82, 2.24) is 10.2 Å². The molecule has 0 radical (unpaired) electrons. The van der Waals surface area contributed by atoms with Crippen LogP contribution in [-0.2, 0) is 0 Å². The second-order valence-electron chi connectivity index (χ2n) is 3.79. The molecule has 2 aromatic rings. The number of rotatable bonds is 6. The maximum atomic E-state index is 4.23. The standard InChI is InChI=1S/C13H16N2S2/c1-2-3-7-10-16-13-15-14-12(17-13)11-8-5-4-6-9-11/h4-6,8-9H,2-3,7,10H2,1H3. The molecule has 0 aliphatic carbocycles. The lowest BCUT2D eigenvalue weighted by Crippen LogP contribution is -1.79. The highest BCUT2D eigenvalue weighted by molar-refractivity contribution is 8.01. The van der Waals surface area contributed by atoms with Gasteiger partial charge in [0, 0.05) is 11.3 Å². The Labute approximate surface area is 110 Å². The van der Waals surface area contributed by atoms with E-state index in [4.69, 9.17) is 0 Å². The van der Waals surface area contributed by atoms with Crippen LogP contribution in [0, 0.1) is 0 Å². The third kappa shape index (κ3) is 3.82. The van der Waals surface area contributed by atoms with Crippen molar-refractivity contribution in [3.63, 3.8) is 0 Å². The van der Waals surface area contributed by atoms with Crippen molar-refractivity contribution >= 4 is 23.1 Å². The zero-order chi connectivity index (χ0) is 11.9. The Kier molecular flexibility index (Phi) is 5.01. The molecule has 1 aromatic carbocycles. The molecule has 1 aromatic heterocycles. The molecule has 0 bridgehead atoms. The van der Waals surface area contributed by atoms with E-state index in [-0.39, 0.29) is 0 Å². The molecule has 1 heterocycles. The Morgan fingerprint density at radius 1 is 1.12 bits per heavy atom. The summed E-state index contributed by atoms with van der Waals surface area (Å²) in [5.74, 6) is 1.15. The van der Waals surface area contributed by atoms with E-state index in [1.807, 2.05) is 30.0 Å². The number of aromatic nitrogens is 2. The van der Waals surface area contributed by atoms with E-state index in [0.717, 1.165) is 20.7 Å². The molecular weight excluding hydrogens is 248 g/mol. The molecule has 0 spiro atoms. The Balaban J connectivity index is 1.92. The molecule has 0 aliphatic rings. The second-order valence-corrected chi connectivity index (χ2v) is 6.11. The zero-order valence-corrected chi connectivity index (χ0v) is 11.6. The smallest absolute Gasteiger partial charge is 0.137 e. The Morgan fingerprint density at radius 2 is 1.94 bits per heavy atom. The highest BCUT2D eigenvalue weighted by Gasteiger charge is 2.05. The third-order valence-electron chi connectivity index (χ3n) is 2.40. The molecule has 0 saturated heterocycles. The quantitative estimate of drug-likeness (QED) is 0.568. The van der Waals surface area contributed by atoms with Gasteiger partial charge in [0.25, 0.3) is 0 Å². The summed E-state index contributed by atoms with van der Waals surface area (Å²) in [6, 6.07) is 10.2. The molecule has 2 rings (SSSR count). The van der Waals surface area contributed by atoms with Crippen LogP contribution in [0.3, 0.4) is 0 Å². The first kappa shape index (κ1) is 12.6. The van der Waals surface area contributed by atoms with Gasteiger partial charge in [0.05, 0.1) is 0 Å². The maximum Gasteiger partial charge on any atom is 0.174 e. The molecule has 17 heavy (non-hydrogen) atoms. The van der Waals surface area contributed by atoms with Crippen molar-refractivity contribution in [2.75, 3.05) is 5.75 Å². The van der Waals surface area contributed by atoms with E-state index in [9.17, 15) is 0 Å². The SMILES string of the molecule is CCCCCSc1nnc(-c2ccccc2)s1. The van der Waals surface area contributed by atoms with Crippen molar-refractivity contribution < 1.29 is 0 Å². The molecule has 0 N–H and O–H groups in total. The first-order chi connectivity index (χ1) is 8.40. The molecule has 2 nitrogen and oxygen atoms in total. The minimum atomic E-state index is 1.02. The van der Waals surface area contributed by atoms with Crippen molar-refractivity contribution in [1.29, 1.82) is 0 Å². The maximum absolute atomic E-state index is 4.23. The molecule has 0 unspecified atom stereocenters. The van der Waals surface area contributed by atoms with E-state index in [1.54, 1.807) is 11.3 Å². The van der Waals surface area contributed by atoms with Crippen molar-refractivity contribution in [2.24, 2.45) is 0 Å². The van der Waals surface area contributed by atoms with Gasteiger partial charge in [0.2, 0.25) is 0 Å². The summed E-state index contributed by atoms with van der Waals surface area (Å²) >= 11 is 3.51. The number of thioether (sulfide) groups is 1. The Bertz CT molecular complexity index is 440. The fourth-order valence-electron chi connectivity index (χ4n) is 1.48. The predicted molar refractivity (Wildman–Crippen MR) is 75.6 cm³/mol. The molecule has 0 atom stereocenters. The number of unbranched alkanes of at least 4 members (excludes halogenated alkanes) is 2. The Hall–Kier alpha value is -0.870. The Morgan fingerprint density at radius 3 is 2.71 bits per heavy atom. The van der Waals surface area contributed by atoms with Gasteiger partial charge in [-0.05, 0) is 6.42 Å². The number of nitrogens with zero attached hydrogens (tertiary/aromatic N) is 2. The van der Waals surface area contributed by atoms with Gasteiger partial charge in [-0.15, -0.1) is 10.2 Å². The van der Waals surface area contributed by atoms with Crippen LogP contribution in [0.1, 0.15) is 26.2 Å². The normalized spacial score (nSPS) is 10.6. The van der Waals surface area contributed by atoms with Gasteiger partial charge in [-0.3, -0.25) is 0 Å². The van der Waals surface area contributed by atoms with Crippen LogP contribution in [0.25, 0.3) is 10.6 Å². The number of hydrogen-bond donors (Lipinski definition) is 0. The zero-order valence-electron chi connectivity index (χ0n) is 9.93. The lowest BCUT2D eigenvalue weighted by molar-refractivity contribution is 0.778. The van der Waals surface area contributed by atoms with Crippen LogP contribution in [0.15, 0.2) is 34.7 Å². The van der Waals surface area contributed by atoms with Gasteiger partial charge < -0.3 is 0 Å². The lowest BCUT2D eigenvalue weighted by Gasteiger charge is -1.94. The van der Waals surface area contributed by atoms with E-state index in [2.05, 4.69) is 29.3 Å². The summed E-state index contributed by atoms with van der Waals surface area (Å²) in [5, 5.41) is 9.47. The third-order valence-corrected chi connectivity index (χ3v) is 4.59. The van der Waals surface area contributed by atoms with E-state index in [1.165, 1.54) is 19.3 Å². The minimum absolute atomic E-state index is 1.02. The molecule has 4 heteroatoms. The molecular formula is C13H16N2S2. The highest BCUT2D eigenvalue weighted by atomic mass is 32.2. The van der Waals surface area contributed by atoms with Gasteiger partial charge in [-0.2, -0.15) is 0 Å². The van der Waals surface area contributed by atoms with Crippen molar-refractivity contribution in [3.8, 4) is 10.6 Å². The van der Waals surface area contributed by atoms with Crippen LogP contribution >= 0.6 is 23.1 Å². The summed E-state index contributed by atoms with van der Waals surface area (Å²) in [5.41, 5.74) is 1.16. The number of benzene rings is 1. The van der Waals surface area contributed by atoms with Crippen molar-refractivity contribution in [2.45, 2.75) is 30.5 Å². The van der Waals surface area contributed by atoms with Gasteiger partial charge in [0.1, 0.15) is 5.01 Å². The summed E-state index contributed by atoms with van der Waals surface area (Å²) in [6.45, 7) is 2.23. The first-order valence-electron chi connectivity index (χ1n) is 5.92. The molecule has 90 valence electrons. The minimum Gasteiger partial charge on any atom is -0.137 e. The van der Waals surface area contributed by atoms with Crippen LogP contribution in [0.4, 0.5) is 0 Å². The molecule has 0 fully saturated rings. The van der Waals surface area contributed by atoms with Crippen LogP contribution in [0.2, 0.25) is 0 Å².